The van der Waals surface area contributed by atoms with Crippen LogP contribution in [0.2, 0.25) is 0 Å². The average Bonchev–Trinajstić information content (AvgIpc) is 2.42. The van der Waals surface area contributed by atoms with Gasteiger partial charge < -0.3 is 10.6 Å². The molecule has 1 amide bonds. The van der Waals surface area contributed by atoms with E-state index < -0.39 is 5.41 Å². The topological polar surface area (TPSA) is 46.3 Å². The normalized spacial score (nSPS) is 32.2. The van der Waals surface area contributed by atoms with Gasteiger partial charge >= 0.3 is 0 Å². The maximum atomic E-state index is 12.5. The molecular formula is C12H20N2OS. The third kappa shape index (κ3) is 1.63. The number of amides is 1. The Balaban J connectivity index is 2.15. The van der Waals surface area contributed by atoms with Gasteiger partial charge in [-0.05, 0) is 32.1 Å². The molecule has 2 unspecified atom stereocenters. The van der Waals surface area contributed by atoms with Gasteiger partial charge in [0, 0.05) is 12.6 Å². The second-order valence-electron chi connectivity index (χ2n) is 5.45. The van der Waals surface area contributed by atoms with Crippen LogP contribution in [0.25, 0.3) is 0 Å². The quantitative estimate of drug-likeness (QED) is 0.747. The van der Waals surface area contributed by atoms with Crippen LogP contribution in [0, 0.1) is 11.3 Å². The van der Waals surface area contributed by atoms with Crippen molar-refractivity contribution in [3.63, 3.8) is 0 Å². The molecule has 0 aromatic carbocycles. The van der Waals surface area contributed by atoms with Crippen LogP contribution >= 0.6 is 12.2 Å². The number of rotatable bonds is 2. The summed E-state index contributed by atoms with van der Waals surface area (Å²) in [5.41, 5.74) is 5.27. The molecule has 90 valence electrons. The van der Waals surface area contributed by atoms with E-state index in [0.717, 1.165) is 32.2 Å². The van der Waals surface area contributed by atoms with Crippen LogP contribution in [0.4, 0.5) is 0 Å². The fourth-order valence-electron chi connectivity index (χ4n) is 2.95. The summed E-state index contributed by atoms with van der Waals surface area (Å²) >= 11 is 5.09. The van der Waals surface area contributed by atoms with Gasteiger partial charge in [-0.25, -0.2) is 0 Å². The van der Waals surface area contributed by atoms with E-state index in [1.54, 1.807) is 0 Å². The molecule has 16 heavy (non-hydrogen) atoms. The van der Waals surface area contributed by atoms with Gasteiger partial charge in [0.2, 0.25) is 5.91 Å². The fraction of sp³-hybridized carbons (Fsp3) is 0.833. The Morgan fingerprint density at radius 1 is 1.44 bits per heavy atom. The zero-order chi connectivity index (χ0) is 11.9. The van der Waals surface area contributed by atoms with Crippen molar-refractivity contribution < 1.29 is 4.79 Å². The lowest BCUT2D eigenvalue weighted by atomic mass is 9.67. The van der Waals surface area contributed by atoms with Crippen molar-refractivity contribution in [1.82, 2.24) is 4.90 Å². The van der Waals surface area contributed by atoms with Crippen molar-refractivity contribution in [2.24, 2.45) is 17.1 Å². The number of nitrogens with zero attached hydrogens (tertiary/aromatic N) is 1. The van der Waals surface area contributed by atoms with Gasteiger partial charge in [-0.3, -0.25) is 4.79 Å². The van der Waals surface area contributed by atoms with Crippen molar-refractivity contribution >= 4 is 23.1 Å². The number of carbonyl (C=O) groups is 1. The summed E-state index contributed by atoms with van der Waals surface area (Å²) in [6.45, 7) is 5.18. The summed E-state index contributed by atoms with van der Waals surface area (Å²) in [7, 11) is 0. The number of carbonyl (C=O) groups excluding carboxylic acids is 1. The highest BCUT2D eigenvalue weighted by Gasteiger charge is 2.50. The van der Waals surface area contributed by atoms with Gasteiger partial charge in [0.05, 0.1) is 10.4 Å². The zero-order valence-electron chi connectivity index (χ0n) is 10.0. The third-order valence-corrected chi connectivity index (χ3v) is 4.52. The Morgan fingerprint density at radius 3 is 2.38 bits per heavy atom. The minimum atomic E-state index is -0.492. The van der Waals surface area contributed by atoms with Crippen molar-refractivity contribution in [3.8, 4) is 0 Å². The molecule has 0 bridgehead atoms. The molecule has 2 atom stereocenters. The number of hydrogen-bond acceptors (Lipinski definition) is 2. The number of nitrogens with two attached hydrogens (primary N) is 1. The lowest BCUT2D eigenvalue weighted by Crippen LogP contribution is -2.55. The minimum absolute atomic E-state index is 0.183. The first-order valence-corrected chi connectivity index (χ1v) is 6.49. The van der Waals surface area contributed by atoms with Crippen LogP contribution in [0.1, 0.15) is 39.5 Å². The fourth-order valence-corrected chi connectivity index (χ4v) is 3.25. The number of thiocarbonyl (C=S) groups is 1. The Labute approximate surface area is 102 Å². The second kappa shape index (κ2) is 3.99. The molecule has 4 heteroatoms. The Kier molecular flexibility index (Phi) is 2.95. The molecule has 1 aliphatic heterocycles. The van der Waals surface area contributed by atoms with Crippen molar-refractivity contribution in [2.75, 3.05) is 6.54 Å². The smallest absolute Gasteiger partial charge is 0.235 e. The van der Waals surface area contributed by atoms with E-state index >= 15 is 0 Å². The maximum Gasteiger partial charge on any atom is 0.235 e. The van der Waals surface area contributed by atoms with Crippen LogP contribution in [0.3, 0.4) is 0 Å². The molecule has 2 fully saturated rings. The molecule has 3 nitrogen and oxygen atoms in total. The van der Waals surface area contributed by atoms with E-state index in [9.17, 15) is 4.79 Å². The maximum absolute atomic E-state index is 12.5. The molecule has 2 rings (SSSR count). The molecule has 1 heterocycles. The zero-order valence-corrected chi connectivity index (χ0v) is 10.8. The largest absolute Gasteiger partial charge is 0.392 e. The molecule has 0 spiro atoms. The first-order chi connectivity index (χ1) is 7.47. The van der Waals surface area contributed by atoms with Crippen LogP contribution in [0.15, 0.2) is 0 Å². The lowest BCUT2D eigenvalue weighted by molar-refractivity contribution is -0.142. The summed E-state index contributed by atoms with van der Waals surface area (Å²) in [4.78, 5) is 14.9. The van der Waals surface area contributed by atoms with E-state index in [-0.39, 0.29) is 5.91 Å². The highest BCUT2D eigenvalue weighted by Crippen LogP contribution is 2.44. The molecule has 1 saturated carbocycles. The van der Waals surface area contributed by atoms with Gasteiger partial charge in [-0.2, -0.15) is 0 Å². The molecular weight excluding hydrogens is 220 g/mol. The van der Waals surface area contributed by atoms with Gasteiger partial charge in [0.1, 0.15) is 0 Å². The molecule has 1 aliphatic carbocycles. The molecule has 0 radical (unpaired) electrons. The van der Waals surface area contributed by atoms with E-state index in [1.807, 2.05) is 4.90 Å². The summed E-state index contributed by atoms with van der Waals surface area (Å²) in [5, 5.41) is 0. The SMILES string of the molecule is CC1CC(C)N(C(=O)C2(C(N)=S)CCC2)C1. The van der Waals surface area contributed by atoms with E-state index in [4.69, 9.17) is 18.0 Å². The molecule has 2 aliphatic rings. The summed E-state index contributed by atoms with van der Waals surface area (Å²) in [6, 6.07) is 0.342. The summed E-state index contributed by atoms with van der Waals surface area (Å²) < 4.78 is 0. The van der Waals surface area contributed by atoms with E-state index in [1.165, 1.54) is 0 Å². The monoisotopic (exact) mass is 240 g/mol. The summed E-state index contributed by atoms with van der Waals surface area (Å²) in [5.74, 6) is 0.783. The van der Waals surface area contributed by atoms with Crippen LogP contribution in [0.5, 0.6) is 0 Å². The van der Waals surface area contributed by atoms with Gasteiger partial charge in [0.15, 0.2) is 0 Å². The molecule has 0 aromatic rings. The minimum Gasteiger partial charge on any atom is -0.392 e. The Morgan fingerprint density at radius 2 is 2.06 bits per heavy atom. The summed E-state index contributed by atoms with van der Waals surface area (Å²) in [6.07, 6.45) is 3.86. The highest BCUT2D eigenvalue weighted by molar-refractivity contribution is 7.80. The predicted molar refractivity (Wildman–Crippen MR) is 68.0 cm³/mol. The van der Waals surface area contributed by atoms with Crippen molar-refractivity contribution in [3.05, 3.63) is 0 Å². The van der Waals surface area contributed by atoms with Crippen LogP contribution in [-0.2, 0) is 4.79 Å². The van der Waals surface area contributed by atoms with E-state index in [0.29, 0.717) is 16.9 Å². The first kappa shape index (κ1) is 11.8. The highest BCUT2D eigenvalue weighted by atomic mass is 32.1. The van der Waals surface area contributed by atoms with Gasteiger partial charge in [-0.15, -0.1) is 0 Å². The average molecular weight is 240 g/mol. The standard InChI is InChI=1S/C12H20N2OS/c1-8-6-9(2)14(7-8)11(15)12(10(13)16)4-3-5-12/h8-9H,3-7H2,1-2H3,(H2,13,16). The molecule has 0 aromatic heterocycles. The van der Waals surface area contributed by atoms with Crippen LogP contribution in [-0.4, -0.2) is 28.4 Å². The Bertz CT molecular complexity index is 325. The first-order valence-electron chi connectivity index (χ1n) is 6.08. The van der Waals surface area contributed by atoms with Gasteiger partial charge in [-0.1, -0.05) is 25.6 Å². The predicted octanol–water partition coefficient (Wildman–Crippen LogP) is 1.70. The molecule has 1 saturated heterocycles. The van der Waals surface area contributed by atoms with Crippen molar-refractivity contribution in [2.45, 2.75) is 45.6 Å². The lowest BCUT2D eigenvalue weighted by Gasteiger charge is -2.42. The number of hydrogen-bond donors (Lipinski definition) is 1. The third-order valence-electron chi connectivity index (χ3n) is 4.13. The van der Waals surface area contributed by atoms with Crippen molar-refractivity contribution in [1.29, 1.82) is 0 Å². The Hall–Kier alpha value is -0.640. The van der Waals surface area contributed by atoms with Crippen LogP contribution < -0.4 is 5.73 Å². The molecule has 2 N–H and O–H groups in total. The van der Waals surface area contributed by atoms with Gasteiger partial charge in [0.25, 0.3) is 0 Å². The number of likely N-dealkylation sites (tertiary alicyclic amines) is 1. The second-order valence-corrected chi connectivity index (χ2v) is 5.89. The van der Waals surface area contributed by atoms with E-state index in [2.05, 4.69) is 13.8 Å².